The predicted molar refractivity (Wildman–Crippen MR) is 125 cm³/mol. The minimum atomic E-state index is 0.573. The van der Waals surface area contributed by atoms with Crippen LogP contribution in [0.5, 0.6) is 11.5 Å². The van der Waals surface area contributed by atoms with Crippen molar-refractivity contribution >= 4 is 23.1 Å². The number of nitrogens with zero attached hydrogens (tertiary/aromatic N) is 6. The second-order valence-corrected chi connectivity index (χ2v) is 7.31. The molecule has 1 N–H and O–H groups in total. The molecule has 0 aliphatic carbocycles. The molecule has 0 saturated carbocycles. The summed E-state index contributed by atoms with van der Waals surface area (Å²) >= 11 is 0. The molecular weight excluding hydrogens is 406 g/mol. The van der Waals surface area contributed by atoms with E-state index < -0.39 is 0 Å². The smallest absolute Gasteiger partial charge is 0.168 e. The molecule has 0 amide bonds. The zero-order valence-corrected chi connectivity index (χ0v) is 18.3. The second kappa shape index (κ2) is 9.88. The standard InChI is InChI=1S/C23H25N7O2/c1-29(2)11-12-32-19-9-7-17(8-10-19)14-26-28-22-21-15-27-30(23(21)25-16-24-22)18-5-4-6-20(13-18)31-3/h4-10,13-16H,11-12H2,1-3H3,(H,24,25,28). The molecule has 4 aromatic rings. The monoisotopic (exact) mass is 431 g/mol. The van der Waals surface area contributed by atoms with Crippen LogP contribution in [0.4, 0.5) is 5.82 Å². The number of rotatable bonds is 9. The summed E-state index contributed by atoms with van der Waals surface area (Å²) < 4.78 is 12.8. The minimum absolute atomic E-state index is 0.573. The van der Waals surface area contributed by atoms with Crippen molar-refractivity contribution in [1.29, 1.82) is 0 Å². The van der Waals surface area contributed by atoms with Crippen molar-refractivity contribution in [2.45, 2.75) is 0 Å². The highest BCUT2D eigenvalue weighted by atomic mass is 16.5. The van der Waals surface area contributed by atoms with Gasteiger partial charge in [-0.05, 0) is 56.1 Å². The molecule has 2 heterocycles. The van der Waals surface area contributed by atoms with Gasteiger partial charge in [0.05, 0.1) is 30.6 Å². The van der Waals surface area contributed by atoms with E-state index in [1.54, 1.807) is 24.2 Å². The van der Waals surface area contributed by atoms with Crippen LogP contribution in [0, 0.1) is 0 Å². The molecule has 2 aromatic heterocycles. The molecule has 2 aromatic carbocycles. The van der Waals surface area contributed by atoms with Gasteiger partial charge < -0.3 is 14.4 Å². The molecule has 4 rings (SSSR count). The van der Waals surface area contributed by atoms with Gasteiger partial charge in [0.2, 0.25) is 0 Å². The van der Waals surface area contributed by atoms with Crippen LogP contribution in [0.25, 0.3) is 16.7 Å². The molecule has 0 aliphatic heterocycles. The van der Waals surface area contributed by atoms with Gasteiger partial charge in [-0.1, -0.05) is 6.07 Å². The number of likely N-dealkylation sites (N-methyl/N-ethyl adjacent to an activating group) is 1. The van der Waals surface area contributed by atoms with E-state index >= 15 is 0 Å². The summed E-state index contributed by atoms with van der Waals surface area (Å²) in [6.07, 6.45) is 4.93. The largest absolute Gasteiger partial charge is 0.497 e. The van der Waals surface area contributed by atoms with Crippen molar-refractivity contribution in [1.82, 2.24) is 24.6 Å². The maximum atomic E-state index is 5.71. The molecule has 9 nitrogen and oxygen atoms in total. The molecule has 0 bridgehead atoms. The SMILES string of the molecule is COc1cccc(-n2ncc3c(NN=Cc4ccc(OCCN(C)C)cc4)ncnc32)c1. The highest BCUT2D eigenvalue weighted by molar-refractivity contribution is 5.88. The van der Waals surface area contributed by atoms with Gasteiger partial charge in [-0.3, -0.25) is 5.43 Å². The fraction of sp³-hybridized carbons (Fsp3) is 0.217. The summed E-state index contributed by atoms with van der Waals surface area (Å²) in [5.41, 5.74) is 5.45. The summed E-state index contributed by atoms with van der Waals surface area (Å²) in [5, 5.41) is 9.54. The van der Waals surface area contributed by atoms with E-state index in [0.717, 1.165) is 34.7 Å². The average molecular weight is 432 g/mol. The molecule has 0 atom stereocenters. The lowest BCUT2D eigenvalue weighted by atomic mass is 10.2. The molecule has 164 valence electrons. The molecule has 0 fully saturated rings. The highest BCUT2D eigenvalue weighted by Crippen LogP contribution is 2.23. The van der Waals surface area contributed by atoms with Gasteiger partial charge in [0, 0.05) is 12.6 Å². The number of nitrogens with one attached hydrogen (secondary N) is 1. The number of anilines is 1. The van der Waals surface area contributed by atoms with Gasteiger partial charge in [0.1, 0.15) is 24.4 Å². The summed E-state index contributed by atoms with van der Waals surface area (Å²) in [5.74, 6) is 2.15. The van der Waals surface area contributed by atoms with Gasteiger partial charge in [0.25, 0.3) is 0 Å². The summed E-state index contributed by atoms with van der Waals surface area (Å²) in [6.45, 7) is 1.52. The Kier molecular flexibility index (Phi) is 6.57. The third-order valence-corrected chi connectivity index (χ3v) is 4.74. The Bertz CT molecular complexity index is 1200. The lowest BCUT2D eigenvalue weighted by Gasteiger charge is -2.10. The Labute approximate surface area is 186 Å². The normalized spacial score (nSPS) is 11.4. The molecule has 0 radical (unpaired) electrons. The Hall–Kier alpha value is -3.98. The minimum Gasteiger partial charge on any atom is -0.497 e. The van der Waals surface area contributed by atoms with Crippen LogP contribution in [0.15, 0.2) is 66.2 Å². The van der Waals surface area contributed by atoms with E-state index in [1.165, 1.54) is 6.33 Å². The van der Waals surface area contributed by atoms with E-state index in [-0.39, 0.29) is 0 Å². The van der Waals surface area contributed by atoms with Crippen molar-refractivity contribution in [3.8, 4) is 17.2 Å². The molecule has 9 heteroatoms. The van der Waals surface area contributed by atoms with E-state index in [4.69, 9.17) is 9.47 Å². The van der Waals surface area contributed by atoms with Gasteiger partial charge in [-0.25, -0.2) is 14.6 Å². The van der Waals surface area contributed by atoms with Crippen LogP contribution in [-0.2, 0) is 0 Å². The number of benzene rings is 2. The van der Waals surface area contributed by atoms with Crippen LogP contribution in [0.2, 0.25) is 0 Å². The summed E-state index contributed by atoms with van der Waals surface area (Å²) in [7, 11) is 5.67. The number of hydrazone groups is 1. The lowest BCUT2D eigenvalue weighted by molar-refractivity contribution is 0.261. The first-order chi connectivity index (χ1) is 15.6. The molecular formula is C23H25N7O2. The van der Waals surface area contributed by atoms with Gasteiger partial charge in [-0.2, -0.15) is 10.2 Å². The Morgan fingerprint density at radius 2 is 1.94 bits per heavy atom. The molecule has 0 spiro atoms. The first kappa shape index (κ1) is 21.3. The van der Waals surface area contributed by atoms with E-state index in [9.17, 15) is 0 Å². The van der Waals surface area contributed by atoms with Crippen LogP contribution in [-0.4, -0.2) is 65.2 Å². The number of aromatic nitrogens is 4. The summed E-state index contributed by atoms with van der Waals surface area (Å²) in [6, 6.07) is 15.4. The second-order valence-electron chi connectivity index (χ2n) is 7.31. The van der Waals surface area contributed by atoms with Crippen LogP contribution in [0.3, 0.4) is 0 Å². The molecule has 0 aliphatic rings. The fourth-order valence-corrected chi connectivity index (χ4v) is 3.03. The number of ether oxygens (including phenoxy) is 2. The van der Waals surface area contributed by atoms with Gasteiger partial charge in [0.15, 0.2) is 11.5 Å². The number of hydrogen-bond donors (Lipinski definition) is 1. The van der Waals surface area contributed by atoms with Crippen molar-refractivity contribution in [3.05, 3.63) is 66.6 Å². The van der Waals surface area contributed by atoms with Gasteiger partial charge in [-0.15, -0.1) is 0 Å². The Balaban J connectivity index is 1.45. The molecule has 0 saturated heterocycles. The first-order valence-corrected chi connectivity index (χ1v) is 10.1. The van der Waals surface area contributed by atoms with Crippen molar-refractivity contribution < 1.29 is 9.47 Å². The van der Waals surface area contributed by atoms with Crippen LogP contribution >= 0.6 is 0 Å². The zero-order valence-electron chi connectivity index (χ0n) is 18.3. The number of methoxy groups -OCH3 is 1. The highest BCUT2D eigenvalue weighted by Gasteiger charge is 2.11. The average Bonchev–Trinajstić information content (AvgIpc) is 3.25. The number of hydrogen-bond acceptors (Lipinski definition) is 8. The van der Waals surface area contributed by atoms with Crippen molar-refractivity contribution in [2.24, 2.45) is 5.10 Å². The predicted octanol–water partition coefficient (Wildman–Crippen LogP) is 3.21. The van der Waals surface area contributed by atoms with E-state index in [2.05, 4.69) is 30.5 Å². The maximum absolute atomic E-state index is 5.71. The first-order valence-electron chi connectivity index (χ1n) is 10.1. The van der Waals surface area contributed by atoms with Crippen molar-refractivity contribution in [2.75, 3.05) is 39.8 Å². The van der Waals surface area contributed by atoms with Crippen LogP contribution < -0.4 is 14.9 Å². The summed E-state index contributed by atoms with van der Waals surface area (Å²) in [4.78, 5) is 10.8. The fourth-order valence-electron chi connectivity index (χ4n) is 3.03. The van der Waals surface area contributed by atoms with E-state index in [1.807, 2.05) is 62.6 Å². The van der Waals surface area contributed by atoms with Crippen LogP contribution in [0.1, 0.15) is 5.56 Å². The van der Waals surface area contributed by atoms with Crippen molar-refractivity contribution in [3.63, 3.8) is 0 Å². The Morgan fingerprint density at radius 3 is 2.72 bits per heavy atom. The third kappa shape index (κ3) is 5.01. The van der Waals surface area contributed by atoms with E-state index in [0.29, 0.717) is 18.1 Å². The maximum Gasteiger partial charge on any atom is 0.168 e. The molecule has 0 unspecified atom stereocenters. The third-order valence-electron chi connectivity index (χ3n) is 4.74. The lowest BCUT2D eigenvalue weighted by Crippen LogP contribution is -2.19. The quantitative estimate of drug-likeness (QED) is 0.321. The Morgan fingerprint density at radius 1 is 1.09 bits per heavy atom. The zero-order chi connectivity index (χ0) is 22.3. The number of fused-ring (bicyclic) bond motifs is 1. The van der Waals surface area contributed by atoms with Gasteiger partial charge >= 0.3 is 0 Å². The topological polar surface area (TPSA) is 89.7 Å². The molecule has 32 heavy (non-hydrogen) atoms.